The lowest BCUT2D eigenvalue weighted by molar-refractivity contribution is -0.149. The van der Waals surface area contributed by atoms with Gasteiger partial charge in [-0.25, -0.2) is 0 Å². The number of hydrogen-bond acceptors (Lipinski definition) is 3. The molecule has 21 heavy (non-hydrogen) atoms. The minimum absolute atomic E-state index is 0. The third-order valence-electron chi connectivity index (χ3n) is 4.94. The van der Waals surface area contributed by atoms with Gasteiger partial charge in [-0.05, 0) is 51.1 Å². The highest BCUT2D eigenvalue weighted by Gasteiger charge is 2.43. The molecule has 124 valence electrons. The molecule has 1 amide bonds. The summed E-state index contributed by atoms with van der Waals surface area (Å²) in [5.41, 5.74) is -0.270. The van der Waals surface area contributed by atoms with Crippen molar-refractivity contribution in [2.45, 2.75) is 45.4 Å². The highest BCUT2D eigenvalue weighted by atomic mass is 35.5. The molecule has 2 aliphatic heterocycles. The summed E-state index contributed by atoms with van der Waals surface area (Å²) in [6, 6.07) is 0. The van der Waals surface area contributed by atoms with Crippen molar-refractivity contribution in [2.24, 2.45) is 11.3 Å². The molecule has 1 unspecified atom stereocenters. The molecule has 0 aromatic carbocycles. The van der Waals surface area contributed by atoms with Gasteiger partial charge in [0.15, 0.2) is 0 Å². The Morgan fingerprint density at radius 2 is 2.10 bits per heavy atom. The number of nitrogens with one attached hydrogen (secondary N) is 1. The highest BCUT2D eigenvalue weighted by Crippen LogP contribution is 2.33. The predicted molar refractivity (Wildman–Crippen MR) is 87.9 cm³/mol. The van der Waals surface area contributed by atoms with E-state index in [2.05, 4.69) is 17.1 Å². The first-order valence-corrected chi connectivity index (χ1v) is 8.21. The molecule has 0 bridgehead atoms. The van der Waals surface area contributed by atoms with Gasteiger partial charge in [-0.2, -0.15) is 0 Å². The van der Waals surface area contributed by atoms with Gasteiger partial charge in [-0.1, -0.05) is 13.3 Å². The van der Waals surface area contributed by atoms with Crippen LogP contribution in [0.4, 0.5) is 0 Å². The summed E-state index contributed by atoms with van der Waals surface area (Å²) in [6.45, 7) is 6.58. The predicted octanol–water partition coefficient (Wildman–Crippen LogP) is 2.46. The largest absolute Gasteiger partial charge is 0.384 e. The van der Waals surface area contributed by atoms with Crippen molar-refractivity contribution in [2.75, 3.05) is 39.9 Å². The number of hydrogen-bond donors (Lipinski definition) is 1. The summed E-state index contributed by atoms with van der Waals surface area (Å²) < 4.78 is 5.40. The fourth-order valence-corrected chi connectivity index (χ4v) is 3.83. The van der Waals surface area contributed by atoms with E-state index < -0.39 is 0 Å². The van der Waals surface area contributed by atoms with Crippen LogP contribution in [-0.2, 0) is 9.53 Å². The summed E-state index contributed by atoms with van der Waals surface area (Å²) in [5.74, 6) is 1.06. The normalized spacial score (nSPS) is 25.2. The third kappa shape index (κ3) is 4.57. The molecular weight excluding hydrogens is 288 g/mol. The number of nitrogens with zero attached hydrogens (tertiary/aromatic N) is 1. The first kappa shape index (κ1) is 18.7. The van der Waals surface area contributed by atoms with Crippen LogP contribution in [-0.4, -0.2) is 50.7 Å². The molecule has 2 saturated heterocycles. The van der Waals surface area contributed by atoms with Crippen molar-refractivity contribution in [3.8, 4) is 0 Å². The molecule has 2 rings (SSSR count). The maximum atomic E-state index is 13.0. The second-order valence-electron chi connectivity index (χ2n) is 6.51. The molecular formula is C16H31ClN2O2. The summed E-state index contributed by atoms with van der Waals surface area (Å²) in [5, 5.41) is 3.36. The minimum atomic E-state index is -0.270. The lowest BCUT2D eigenvalue weighted by atomic mass is 9.77. The number of rotatable bonds is 5. The van der Waals surface area contributed by atoms with Crippen LogP contribution in [0.25, 0.3) is 0 Å². The van der Waals surface area contributed by atoms with Crippen LogP contribution in [0.1, 0.15) is 45.4 Å². The van der Waals surface area contributed by atoms with Gasteiger partial charge < -0.3 is 15.0 Å². The lowest BCUT2D eigenvalue weighted by Crippen LogP contribution is -2.53. The van der Waals surface area contributed by atoms with E-state index in [1.165, 1.54) is 19.3 Å². The molecule has 0 radical (unpaired) electrons. The Morgan fingerprint density at radius 1 is 1.38 bits per heavy atom. The average molecular weight is 319 g/mol. The highest BCUT2D eigenvalue weighted by molar-refractivity contribution is 5.85. The van der Waals surface area contributed by atoms with Crippen molar-refractivity contribution in [1.29, 1.82) is 0 Å². The quantitative estimate of drug-likeness (QED) is 0.846. The van der Waals surface area contributed by atoms with Crippen LogP contribution in [0.2, 0.25) is 0 Å². The lowest BCUT2D eigenvalue weighted by Gasteiger charge is -2.42. The number of carbonyl (C=O) groups excluding carboxylic acids is 1. The number of methoxy groups -OCH3 is 1. The Morgan fingerprint density at radius 3 is 2.71 bits per heavy atom. The number of piperidine rings is 2. The van der Waals surface area contributed by atoms with Gasteiger partial charge in [0.2, 0.25) is 5.91 Å². The zero-order valence-electron chi connectivity index (χ0n) is 13.5. The molecule has 2 heterocycles. The molecule has 1 N–H and O–H groups in total. The second kappa shape index (κ2) is 8.96. The SMILES string of the molecule is CCCC1CCCN(C(=O)C2(COC)CCNCC2)C1.Cl. The van der Waals surface area contributed by atoms with Crippen LogP contribution < -0.4 is 5.32 Å². The van der Waals surface area contributed by atoms with Gasteiger partial charge in [0.05, 0.1) is 12.0 Å². The van der Waals surface area contributed by atoms with E-state index in [1.807, 2.05) is 0 Å². The van der Waals surface area contributed by atoms with Gasteiger partial charge in [0.25, 0.3) is 0 Å². The van der Waals surface area contributed by atoms with Crippen LogP contribution in [0, 0.1) is 11.3 Å². The van der Waals surface area contributed by atoms with Crippen molar-refractivity contribution in [1.82, 2.24) is 10.2 Å². The van der Waals surface area contributed by atoms with Gasteiger partial charge in [0, 0.05) is 20.2 Å². The maximum absolute atomic E-state index is 13.0. The van der Waals surface area contributed by atoms with E-state index in [4.69, 9.17) is 4.74 Å². The molecule has 4 nitrogen and oxygen atoms in total. The molecule has 0 aromatic heterocycles. The van der Waals surface area contributed by atoms with Crippen molar-refractivity contribution in [3.05, 3.63) is 0 Å². The third-order valence-corrected chi connectivity index (χ3v) is 4.94. The summed E-state index contributed by atoms with van der Waals surface area (Å²) >= 11 is 0. The molecule has 0 spiro atoms. The van der Waals surface area contributed by atoms with E-state index in [0.29, 0.717) is 18.4 Å². The number of ether oxygens (including phenoxy) is 1. The van der Waals surface area contributed by atoms with E-state index in [9.17, 15) is 4.79 Å². The minimum Gasteiger partial charge on any atom is -0.384 e. The number of halogens is 1. The molecule has 0 aliphatic carbocycles. The van der Waals surface area contributed by atoms with Crippen molar-refractivity contribution in [3.63, 3.8) is 0 Å². The van der Waals surface area contributed by atoms with E-state index in [-0.39, 0.29) is 17.8 Å². The van der Waals surface area contributed by atoms with E-state index >= 15 is 0 Å². The maximum Gasteiger partial charge on any atom is 0.231 e. The van der Waals surface area contributed by atoms with Crippen LogP contribution in [0.3, 0.4) is 0 Å². The number of carbonyl (C=O) groups is 1. The van der Waals surface area contributed by atoms with Gasteiger partial charge in [-0.15, -0.1) is 12.4 Å². The standard InChI is InChI=1S/C16H30N2O2.ClH/c1-3-5-14-6-4-11-18(12-14)15(19)16(13-20-2)7-9-17-10-8-16;/h14,17H,3-13H2,1-2H3;1H. The molecule has 2 fully saturated rings. The topological polar surface area (TPSA) is 41.6 Å². The molecule has 2 aliphatic rings. The van der Waals surface area contributed by atoms with Gasteiger partial charge in [0.1, 0.15) is 0 Å². The second-order valence-corrected chi connectivity index (χ2v) is 6.51. The molecule has 0 saturated carbocycles. The first-order chi connectivity index (χ1) is 9.72. The van der Waals surface area contributed by atoms with Crippen LogP contribution in [0.5, 0.6) is 0 Å². The van der Waals surface area contributed by atoms with Crippen molar-refractivity contribution < 1.29 is 9.53 Å². The average Bonchev–Trinajstić information content (AvgIpc) is 2.48. The Kier molecular flexibility index (Phi) is 7.99. The zero-order chi connectivity index (χ0) is 14.4. The Hall–Kier alpha value is -0.320. The van der Waals surface area contributed by atoms with Gasteiger partial charge in [-0.3, -0.25) is 4.79 Å². The Labute approximate surface area is 135 Å². The Bertz CT molecular complexity index is 312. The fourth-order valence-electron chi connectivity index (χ4n) is 3.83. The summed E-state index contributed by atoms with van der Waals surface area (Å²) in [4.78, 5) is 15.2. The first-order valence-electron chi connectivity index (χ1n) is 8.21. The number of likely N-dealkylation sites (tertiary alicyclic amines) is 1. The Balaban J connectivity index is 0.00000220. The van der Waals surface area contributed by atoms with Crippen LogP contribution >= 0.6 is 12.4 Å². The fraction of sp³-hybridized carbons (Fsp3) is 0.938. The smallest absolute Gasteiger partial charge is 0.231 e. The summed E-state index contributed by atoms with van der Waals surface area (Å²) in [6.07, 6.45) is 6.75. The molecule has 0 aromatic rings. The zero-order valence-corrected chi connectivity index (χ0v) is 14.3. The monoisotopic (exact) mass is 318 g/mol. The van der Waals surface area contributed by atoms with E-state index in [0.717, 1.165) is 45.4 Å². The van der Waals surface area contributed by atoms with E-state index in [1.54, 1.807) is 7.11 Å². The van der Waals surface area contributed by atoms with Crippen LogP contribution in [0.15, 0.2) is 0 Å². The molecule has 1 atom stereocenters. The number of amides is 1. The summed E-state index contributed by atoms with van der Waals surface area (Å²) in [7, 11) is 1.72. The molecule has 5 heteroatoms. The van der Waals surface area contributed by atoms with Crippen molar-refractivity contribution >= 4 is 18.3 Å². The van der Waals surface area contributed by atoms with Gasteiger partial charge >= 0.3 is 0 Å².